The third-order valence-corrected chi connectivity index (χ3v) is 5.27. The van der Waals surface area contributed by atoms with Gasteiger partial charge in [-0.1, -0.05) is 30.3 Å². The molecule has 1 saturated heterocycles. The number of thioether (sulfide) groups is 1. The zero-order valence-corrected chi connectivity index (χ0v) is 15.3. The van der Waals surface area contributed by atoms with Gasteiger partial charge in [0.1, 0.15) is 12.7 Å². The Morgan fingerprint density at radius 2 is 1.64 bits per heavy atom. The third-order valence-electron chi connectivity index (χ3n) is 3.72. The van der Waals surface area contributed by atoms with Crippen LogP contribution in [0.5, 0.6) is 0 Å². The van der Waals surface area contributed by atoms with E-state index in [4.69, 9.17) is 14.2 Å². The van der Waals surface area contributed by atoms with Crippen molar-refractivity contribution in [1.29, 1.82) is 0 Å². The number of hydrogen-bond donors (Lipinski definition) is 0. The fourth-order valence-electron chi connectivity index (χ4n) is 2.81. The fraction of sp³-hybridized carbons (Fsp3) is 0.500. The van der Waals surface area contributed by atoms with Gasteiger partial charge in [-0.15, -0.1) is 11.8 Å². The lowest BCUT2D eigenvalue weighted by Crippen LogP contribution is -2.45. The van der Waals surface area contributed by atoms with Crippen LogP contribution in [0, 0.1) is 0 Å². The zero-order valence-electron chi connectivity index (χ0n) is 14.5. The highest BCUT2D eigenvalue weighted by Gasteiger charge is 2.43. The summed E-state index contributed by atoms with van der Waals surface area (Å²) in [5.41, 5.74) is 0.962. The lowest BCUT2D eigenvalue weighted by molar-refractivity contribution is -0.167. The maximum absolute atomic E-state index is 11.6. The molecular weight excluding hydrogens is 344 g/mol. The summed E-state index contributed by atoms with van der Waals surface area (Å²) in [5.74, 6) is -1.22. The Morgan fingerprint density at radius 1 is 1.00 bits per heavy atom. The molecule has 1 heterocycles. The predicted molar refractivity (Wildman–Crippen MR) is 92.9 cm³/mol. The third kappa shape index (κ3) is 5.77. The summed E-state index contributed by atoms with van der Waals surface area (Å²) < 4.78 is 16.1. The standard InChI is InChI=1S/C18H22O6S/c1-11(19)22-10-15-9-16(23-12(2)20)17(24-13(3)21)18(25-15)14-7-5-4-6-8-14/h4-8,15-18H,9-10H2,1-3H3/t15-,16-,17+,18-/m0/s1. The summed E-state index contributed by atoms with van der Waals surface area (Å²) in [6.07, 6.45) is -0.741. The Balaban J connectivity index is 2.28. The van der Waals surface area contributed by atoms with Crippen molar-refractivity contribution < 1.29 is 28.6 Å². The number of esters is 3. The number of carbonyl (C=O) groups excluding carboxylic acids is 3. The first-order chi connectivity index (χ1) is 11.9. The zero-order chi connectivity index (χ0) is 18.4. The molecule has 0 aliphatic carbocycles. The maximum atomic E-state index is 11.6. The van der Waals surface area contributed by atoms with E-state index in [1.165, 1.54) is 20.8 Å². The van der Waals surface area contributed by atoms with E-state index in [0.717, 1.165) is 5.56 Å². The molecule has 25 heavy (non-hydrogen) atoms. The first kappa shape index (κ1) is 19.3. The van der Waals surface area contributed by atoms with Crippen LogP contribution in [0.1, 0.15) is 38.0 Å². The molecule has 7 heteroatoms. The van der Waals surface area contributed by atoms with E-state index < -0.39 is 24.1 Å². The summed E-state index contributed by atoms with van der Waals surface area (Å²) >= 11 is 1.56. The minimum Gasteiger partial charge on any atom is -0.465 e. The largest absolute Gasteiger partial charge is 0.465 e. The van der Waals surface area contributed by atoms with Crippen LogP contribution in [-0.2, 0) is 28.6 Å². The van der Waals surface area contributed by atoms with Crippen molar-refractivity contribution in [3.05, 3.63) is 35.9 Å². The van der Waals surface area contributed by atoms with E-state index in [9.17, 15) is 14.4 Å². The average Bonchev–Trinajstić information content (AvgIpc) is 2.54. The van der Waals surface area contributed by atoms with Crippen molar-refractivity contribution >= 4 is 29.7 Å². The Labute approximate surface area is 151 Å². The number of rotatable bonds is 5. The summed E-state index contributed by atoms with van der Waals surface area (Å²) in [6, 6.07) is 9.58. The molecule has 0 aromatic heterocycles. The van der Waals surface area contributed by atoms with E-state index in [-0.39, 0.29) is 23.1 Å². The van der Waals surface area contributed by atoms with Crippen molar-refractivity contribution in [2.45, 2.75) is 49.9 Å². The van der Waals surface area contributed by atoms with Crippen LogP contribution in [0.15, 0.2) is 30.3 Å². The van der Waals surface area contributed by atoms with Crippen LogP contribution < -0.4 is 0 Å². The molecule has 1 aromatic rings. The molecular formula is C18H22O6S. The number of ether oxygens (including phenoxy) is 3. The Hall–Kier alpha value is -2.02. The van der Waals surface area contributed by atoms with Gasteiger partial charge < -0.3 is 14.2 Å². The van der Waals surface area contributed by atoms with Gasteiger partial charge in [0.2, 0.25) is 0 Å². The Morgan fingerprint density at radius 3 is 2.20 bits per heavy atom. The number of hydrogen-bond acceptors (Lipinski definition) is 7. The van der Waals surface area contributed by atoms with Crippen LogP contribution in [0.4, 0.5) is 0 Å². The molecule has 6 nitrogen and oxygen atoms in total. The molecule has 0 bridgehead atoms. The molecule has 0 unspecified atom stereocenters. The fourth-order valence-corrected chi connectivity index (χ4v) is 4.38. The molecule has 1 fully saturated rings. The summed E-state index contributed by atoms with van der Waals surface area (Å²) in [6.45, 7) is 4.23. The molecule has 4 atom stereocenters. The quantitative estimate of drug-likeness (QED) is 0.585. The van der Waals surface area contributed by atoms with Crippen molar-refractivity contribution in [3.63, 3.8) is 0 Å². The molecule has 136 valence electrons. The second-order valence-electron chi connectivity index (χ2n) is 5.85. The average molecular weight is 366 g/mol. The topological polar surface area (TPSA) is 78.9 Å². The SMILES string of the molecule is CC(=O)OC[C@@H]1C[C@H](OC(C)=O)[C@@H](OC(C)=O)[C@H](c2ccccc2)S1. The number of carbonyl (C=O) groups is 3. The summed E-state index contributed by atoms with van der Waals surface area (Å²) in [5, 5.41) is -0.283. The van der Waals surface area contributed by atoms with Gasteiger partial charge in [-0.25, -0.2) is 0 Å². The molecule has 0 amide bonds. The highest BCUT2D eigenvalue weighted by molar-refractivity contribution is 8.00. The van der Waals surface area contributed by atoms with E-state index in [1.807, 2.05) is 30.3 Å². The molecule has 1 aliphatic rings. The van der Waals surface area contributed by atoms with Crippen LogP contribution >= 0.6 is 11.8 Å². The van der Waals surface area contributed by atoms with E-state index in [1.54, 1.807) is 11.8 Å². The van der Waals surface area contributed by atoms with Crippen LogP contribution in [-0.4, -0.2) is 42.0 Å². The van der Waals surface area contributed by atoms with Crippen LogP contribution in [0.25, 0.3) is 0 Å². The van der Waals surface area contributed by atoms with Crippen molar-refractivity contribution in [1.82, 2.24) is 0 Å². The second-order valence-corrected chi connectivity index (χ2v) is 7.30. The molecule has 0 spiro atoms. The van der Waals surface area contributed by atoms with Gasteiger partial charge >= 0.3 is 17.9 Å². The minimum absolute atomic E-state index is 0.0646. The molecule has 1 aromatic carbocycles. The maximum Gasteiger partial charge on any atom is 0.303 e. The van der Waals surface area contributed by atoms with Gasteiger partial charge in [0.15, 0.2) is 6.10 Å². The first-order valence-electron chi connectivity index (χ1n) is 8.05. The van der Waals surface area contributed by atoms with Crippen LogP contribution in [0.3, 0.4) is 0 Å². The molecule has 0 saturated carbocycles. The van der Waals surface area contributed by atoms with Gasteiger partial charge in [-0.3, -0.25) is 14.4 Å². The lowest BCUT2D eigenvalue weighted by Gasteiger charge is -2.40. The smallest absolute Gasteiger partial charge is 0.303 e. The second kappa shape index (κ2) is 8.89. The minimum atomic E-state index is -0.595. The lowest BCUT2D eigenvalue weighted by atomic mass is 9.98. The van der Waals surface area contributed by atoms with Gasteiger partial charge in [0.05, 0.1) is 5.25 Å². The van der Waals surface area contributed by atoms with E-state index in [2.05, 4.69) is 0 Å². The van der Waals surface area contributed by atoms with Crippen LogP contribution in [0.2, 0.25) is 0 Å². The van der Waals surface area contributed by atoms with E-state index in [0.29, 0.717) is 6.42 Å². The predicted octanol–water partition coefficient (Wildman–Crippen LogP) is 2.66. The van der Waals surface area contributed by atoms with Crippen molar-refractivity contribution in [3.8, 4) is 0 Å². The highest BCUT2D eigenvalue weighted by Crippen LogP contribution is 2.45. The van der Waals surface area contributed by atoms with Gasteiger partial charge in [0, 0.05) is 32.4 Å². The normalized spacial score (nSPS) is 25.7. The first-order valence-corrected chi connectivity index (χ1v) is 8.99. The van der Waals surface area contributed by atoms with Gasteiger partial charge in [-0.2, -0.15) is 0 Å². The molecule has 0 N–H and O–H groups in total. The van der Waals surface area contributed by atoms with Gasteiger partial charge in [-0.05, 0) is 5.56 Å². The Kier molecular flexibility index (Phi) is 6.87. The monoisotopic (exact) mass is 366 g/mol. The molecule has 1 aliphatic heterocycles. The van der Waals surface area contributed by atoms with E-state index >= 15 is 0 Å². The Bertz CT molecular complexity index is 617. The highest BCUT2D eigenvalue weighted by atomic mass is 32.2. The van der Waals surface area contributed by atoms with Crippen molar-refractivity contribution in [2.75, 3.05) is 6.61 Å². The molecule has 2 rings (SSSR count). The summed E-state index contributed by atoms with van der Waals surface area (Å²) in [7, 11) is 0. The number of benzene rings is 1. The van der Waals surface area contributed by atoms with Crippen molar-refractivity contribution in [2.24, 2.45) is 0 Å². The van der Waals surface area contributed by atoms with Gasteiger partial charge in [0.25, 0.3) is 0 Å². The molecule has 0 radical (unpaired) electrons. The summed E-state index contributed by atoms with van der Waals surface area (Å²) in [4.78, 5) is 34.2.